The molecule has 1 atom stereocenters. The maximum atomic E-state index is 12.6. The fourth-order valence-corrected chi connectivity index (χ4v) is 3.25. The fourth-order valence-electron chi connectivity index (χ4n) is 3.25. The number of imide groups is 1. The van der Waals surface area contributed by atoms with Crippen LogP contribution in [0.25, 0.3) is 11.4 Å². The van der Waals surface area contributed by atoms with Gasteiger partial charge in [-0.05, 0) is 31.2 Å². The Morgan fingerprint density at radius 3 is 2.87 bits per heavy atom. The van der Waals surface area contributed by atoms with Gasteiger partial charge in [0, 0.05) is 18.5 Å². The second-order valence-electron chi connectivity index (χ2n) is 6.59. The highest BCUT2D eigenvalue weighted by Gasteiger charge is 2.35. The summed E-state index contributed by atoms with van der Waals surface area (Å²) in [5.74, 6) is 1.05. The first-order valence-corrected chi connectivity index (χ1v) is 9.53. The van der Waals surface area contributed by atoms with Gasteiger partial charge in [-0.25, -0.2) is 4.79 Å². The standard InChI is InChI=1S/C21H20N4O5/c1-3-29-16-9-8-13(12-17(16)28-2)19-23-18(30-24-19)10-11-25-20(26)14-6-4-5-7-15(14)22-21(25)27/h4-9,12,14H,3,10-11H2,1-2H3. The molecule has 4 rings (SSSR count). The van der Waals surface area contributed by atoms with E-state index in [2.05, 4.69) is 15.1 Å². The number of hydrogen-bond donors (Lipinski definition) is 0. The zero-order chi connectivity index (χ0) is 21.1. The number of allylic oxidation sites excluding steroid dienone is 3. The van der Waals surface area contributed by atoms with Crippen molar-refractivity contribution in [1.29, 1.82) is 0 Å². The average molecular weight is 408 g/mol. The van der Waals surface area contributed by atoms with Crippen LogP contribution in [0, 0.1) is 5.92 Å². The summed E-state index contributed by atoms with van der Waals surface area (Å²) >= 11 is 0. The molecule has 1 unspecified atom stereocenters. The van der Waals surface area contributed by atoms with Gasteiger partial charge in [0.25, 0.3) is 0 Å². The molecule has 3 amide bonds. The van der Waals surface area contributed by atoms with Crippen LogP contribution in [-0.4, -0.2) is 53.0 Å². The average Bonchev–Trinajstić information content (AvgIpc) is 3.23. The van der Waals surface area contributed by atoms with Gasteiger partial charge in [-0.3, -0.25) is 9.69 Å². The molecule has 1 aliphatic carbocycles. The highest BCUT2D eigenvalue weighted by atomic mass is 16.5. The molecule has 9 nitrogen and oxygen atoms in total. The minimum absolute atomic E-state index is 0.108. The number of aromatic nitrogens is 2. The van der Waals surface area contributed by atoms with Crippen molar-refractivity contribution in [1.82, 2.24) is 15.0 Å². The van der Waals surface area contributed by atoms with Crippen molar-refractivity contribution in [3.63, 3.8) is 0 Å². The van der Waals surface area contributed by atoms with E-state index in [0.29, 0.717) is 41.1 Å². The molecule has 0 bridgehead atoms. The Morgan fingerprint density at radius 2 is 2.07 bits per heavy atom. The number of methoxy groups -OCH3 is 1. The molecule has 30 heavy (non-hydrogen) atoms. The number of amides is 3. The van der Waals surface area contributed by atoms with Crippen molar-refractivity contribution in [3.8, 4) is 22.9 Å². The summed E-state index contributed by atoms with van der Waals surface area (Å²) in [5, 5.41) is 3.99. The molecule has 9 heteroatoms. The molecular weight excluding hydrogens is 388 g/mol. The van der Waals surface area contributed by atoms with Crippen molar-refractivity contribution >= 4 is 17.6 Å². The minimum Gasteiger partial charge on any atom is -0.493 e. The van der Waals surface area contributed by atoms with Crippen molar-refractivity contribution in [2.75, 3.05) is 20.3 Å². The van der Waals surface area contributed by atoms with Crippen LogP contribution in [0.1, 0.15) is 12.8 Å². The van der Waals surface area contributed by atoms with Crippen LogP contribution in [0.15, 0.2) is 52.0 Å². The third-order valence-corrected chi connectivity index (χ3v) is 4.73. The number of fused-ring (bicyclic) bond motifs is 1. The smallest absolute Gasteiger partial charge is 0.350 e. The predicted octanol–water partition coefficient (Wildman–Crippen LogP) is 2.83. The van der Waals surface area contributed by atoms with Crippen molar-refractivity contribution in [2.24, 2.45) is 10.9 Å². The lowest BCUT2D eigenvalue weighted by atomic mass is 9.95. The van der Waals surface area contributed by atoms with E-state index in [1.165, 1.54) is 0 Å². The maximum Gasteiger partial charge on any atom is 0.350 e. The van der Waals surface area contributed by atoms with Crippen molar-refractivity contribution in [3.05, 3.63) is 48.4 Å². The van der Waals surface area contributed by atoms with E-state index in [4.69, 9.17) is 14.0 Å². The Morgan fingerprint density at radius 1 is 1.20 bits per heavy atom. The lowest BCUT2D eigenvalue weighted by molar-refractivity contribution is -0.129. The van der Waals surface area contributed by atoms with Crippen LogP contribution in [-0.2, 0) is 11.2 Å². The number of ether oxygens (including phenoxy) is 2. The summed E-state index contributed by atoms with van der Waals surface area (Å²) < 4.78 is 16.1. The predicted molar refractivity (Wildman–Crippen MR) is 107 cm³/mol. The summed E-state index contributed by atoms with van der Waals surface area (Å²) in [6.07, 6.45) is 7.15. The Bertz CT molecular complexity index is 1070. The summed E-state index contributed by atoms with van der Waals surface area (Å²) in [5.41, 5.74) is 1.16. The molecule has 154 valence electrons. The van der Waals surface area contributed by atoms with E-state index >= 15 is 0 Å². The van der Waals surface area contributed by atoms with Gasteiger partial charge in [-0.1, -0.05) is 23.4 Å². The van der Waals surface area contributed by atoms with Gasteiger partial charge in [-0.2, -0.15) is 9.98 Å². The zero-order valence-corrected chi connectivity index (χ0v) is 16.6. The highest BCUT2D eigenvalue weighted by molar-refractivity contribution is 6.21. The number of urea groups is 1. The van der Waals surface area contributed by atoms with Gasteiger partial charge in [0.2, 0.25) is 17.6 Å². The molecule has 1 aromatic carbocycles. The summed E-state index contributed by atoms with van der Waals surface area (Å²) in [6.45, 7) is 2.52. The first-order chi connectivity index (χ1) is 14.6. The number of carbonyl (C=O) groups is 2. The van der Waals surface area contributed by atoms with E-state index in [-0.39, 0.29) is 18.9 Å². The summed E-state index contributed by atoms with van der Waals surface area (Å²) in [4.78, 5) is 34.3. The van der Waals surface area contributed by atoms with Gasteiger partial charge in [-0.15, -0.1) is 0 Å². The second kappa shape index (κ2) is 8.32. The number of carbonyl (C=O) groups excluding carboxylic acids is 2. The molecule has 2 heterocycles. The second-order valence-corrected chi connectivity index (χ2v) is 6.59. The molecule has 0 fully saturated rings. The lowest BCUT2D eigenvalue weighted by Crippen LogP contribution is -2.46. The Labute approximate surface area is 172 Å². The molecular formula is C21H20N4O5. The molecule has 2 aliphatic rings. The third-order valence-electron chi connectivity index (χ3n) is 4.73. The Balaban J connectivity index is 1.46. The van der Waals surface area contributed by atoms with Crippen LogP contribution in [0.3, 0.4) is 0 Å². The third kappa shape index (κ3) is 3.73. The monoisotopic (exact) mass is 408 g/mol. The number of aliphatic imine (C=N–C) groups is 1. The van der Waals surface area contributed by atoms with Gasteiger partial charge < -0.3 is 14.0 Å². The van der Waals surface area contributed by atoms with E-state index in [1.807, 2.05) is 6.92 Å². The van der Waals surface area contributed by atoms with Gasteiger partial charge >= 0.3 is 6.03 Å². The topological polar surface area (TPSA) is 107 Å². The molecule has 0 spiro atoms. The number of nitrogens with zero attached hydrogens (tertiary/aromatic N) is 4. The van der Waals surface area contributed by atoms with E-state index in [1.54, 1.807) is 49.6 Å². The normalized spacial score (nSPS) is 17.7. The van der Waals surface area contributed by atoms with E-state index in [0.717, 1.165) is 4.90 Å². The molecule has 0 N–H and O–H groups in total. The van der Waals surface area contributed by atoms with Crippen LogP contribution < -0.4 is 9.47 Å². The molecule has 2 aromatic rings. The molecule has 0 saturated carbocycles. The zero-order valence-electron chi connectivity index (χ0n) is 16.6. The number of hydrogen-bond acceptors (Lipinski definition) is 7. The summed E-state index contributed by atoms with van der Waals surface area (Å²) in [6, 6.07) is 4.76. The quantitative estimate of drug-likeness (QED) is 0.693. The first kappa shape index (κ1) is 19.6. The van der Waals surface area contributed by atoms with E-state index in [9.17, 15) is 9.59 Å². The summed E-state index contributed by atoms with van der Waals surface area (Å²) in [7, 11) is 1.56. The van der Waals surface area contributed by atoms with Crippen molar-refractivity contribution < 1.29 is 23.6 Å². The molecule has 1 aromatic heterocycles. The molecule has 1 aliphatic heterocycles. The maximum absolute atomic E-state index is 12.6. The molecule has 0 saturated heterocycles. The van der Waals surface area contributed by atoms with Crippen LogP contribution >= 0.6 is 0 Å². The first-order valence-electron chi connectivity index (χ1n) is 9.53. The van der Waals surface area contributed by atoms with Gasteiger partial charge in [0.05, 0.1) is 25.3 Å². The number of benzene rings is 1. The highest BCUT2D eigenvalue weighted by Crippen LogP contribution is 2.31. The number of rotatable bonds is 7. The SMILES string of the molecule is CCOc1ccc(-c2noc(CCN3C(=O)N=C4C=CC=CC4C3=O)n2)cc1OC. The Hall–Kier alpha value is -3.75. The largest absolute Gasteiger partial charge is 0.493 e. The van der Waals surface area contributed by atoms with Gasteiger partial charge in [0.15, 0.2) is 11.5 Å². The van der Waals surface area contributed by atoms with E-state index < -0.39 is 11.9 Å². The Kier molecular flexibility index (Phi) is 5.42. The van der Waals surface area contributed by atoms with Crippen molar-refractivity contribution in [2.45, 2.75) is 13.3 Å². The van der Waals surface area contributed by atoms with Crippen LogP contribution in [0.5, 0.6) is 11.5 Å². The van der Waals surface area contributed by atoms with Gasteiger partial charge in [0.1, 0.15) is 0 Å². The minimum atomic E-state index is -0.581. The van der Waals surface area contributed by atoms with Crippen LogP contribution in [0.2, 0.25) is 0 Å². The molecule has 0 radical (unpaired) electrons. The fraction of sp³-hybridized carbons (Fsp3) is 0.286. The lowest BCUT2D eigenvalue weighted by Gasteiger charge is -2.27. The van der Waals surface area contributed by atoms with Crippen LogP contribution in [0.4, 0.5) is 4.79 Å².